The molecule has 144 valence electrons. The van der Waals surface area contributed by atoms with Crippen molar-refractivity contribution >= 4 is 23.2 Å². The molecule has 26 heavy (non-hydrogen) atoms. The van der Waals surface area contributed by atoms with Gasteiger partial charge in [0.2, 0.25) is 0 Å². The average Bonchev–Trinajstić information content (AvgIpc) is 2.62. The molecule has 0 fully saturated rings. The minimum atomic E-state index is 0. The van der Waals surface area contributed by atoms with E-state index in [2.05, 4.69) is 5.32 Å². The smallest absolute Gasteiger partial charge is 0.180 e. The van der Waals surface area contributed by atoms with E-state index in [0.29, 0.717) is 34.7 Å². The van der Waals surface area contributed by atoms with E-state index in [-0.39, 0.29) is 25.1 Å². The third kappa shape index (κ3) is 6.22. The molecule has 0 aliphatic heterocycles. The molecule has 2 aromatic rings. The Morgan fingerprint density at radius 3 is 2.50 bits per heavy atom. The van der Waals surface area contributed by atoms with E-state index in [0.717, 1.165) is 17.5 Å². The highest BCUT2D eigenvalue weighted by molar-refractivity contribution is 6.32. The molecule has 0 saturated carbocycles. The lowest BCUT2D eigenvalue weighted by Gasteiger charge is -2.17. The van der Waals surface area contributed by atoms with Crippen molar-refractivity contribution in [2.24, 2.45) is 0 Å². The molecule has 0 aliphatic carbocycles. The summed E-state index contributed by atoms with van der Waals surface area (Å²) in [4.78, 5) is 0. The van der Waals surface area contributed by atoms with Gasteiger partial charge in [-0.25, -0.2) is 0 Å². The number of nitrogens with one attached hydrogen (secondary N) is 1. The fourth-order valence-corrected chi connectivity index (χ4v) is 2.86. The zero-order valence-corrected chi connectivity index (χ0v) is 17.0. The minimum absolute atomic E-state index is 0. The summed E-state index contributed by atoms with van der Waals surface area (Å²) < 4.78 is 11.3. The average molecular weight is 420 g/mol. The SMILES string of the molecule is CCC(CO)NCc1cc(Cl)c(OCc2ccccc2Cl)c(OC)c1.[Cl-]. The molecule has 1 unspecified atom stereocenters. The Kier molecular flexibility index (Phi) is 10.1. The first kappa shape index (κ1) is 22.9. The van der Waals surface area contributed by atoms with Gasteiger partial charge in [-0.1, -0.05) is 48.3 Å². The molecular weight excluding hydrogens is 397 g/mol. The van der Waals surface area contributed by atoms with Crippen LogP contribution in [0.2, 0.25) is 10.0 Å². The second kappa shape index (κ2) is 11.5. The monoisotopic (exact) mass is 418 g/mol. The van der Waals surface area contributed by atoms with Crippen LogP contribution >= 0.6 is 23.2 Å². The van der Waals surface area contributed by atoms with E-state index in [1.807, 2.05) is 43.3 Å². The van der Waals surface area contributed by atoms with Crippen LogP contribution < -0.4 is 27.2 Å². The maximum absolute atomic E-state index is 9.26. The molecule has 0 aliphatic rings. The topological polar surface area (TPSA) is 50.7 Å². The van der Waals surface area contributed by atoms with Gasteiger partial charge in [0.15, 0.2) is 11.5 Å². The summed E-state index contributed by atoms with van der Waals surface area (Å²) in [5, 5.41) is 13.7. The Morgan fingerprint density at radius 2 is 1.88 bits per heavy atom. The molecule has 2 rings (SSSR count). The first-order valence-electron chi connectivity index (χ1n) is 8.15. The molecule has 2 N–H and O–H groups in total. The van der Waals surface area contributed by atoms with Gasteiger partial charge in [0.25, 0.3) is 0 Å². The second-order valence-corrected chi connectivity index (χ2v) is 6.47. The van der Waals surface area contributed by atoms with E-state index in [1.54, 1.807) is 7.11 Å². The fraction of sp³-hybridized carbons (Fsp3) is 0.368. The maximum Gasteiger partial charge on any atom is 0.180 e. The number of rotatable bonds is 9. The van der Waals surface area contributed by atoms with Gasteiger partial charge in [0.1, 0.15) is 6.61 Å². The molecule has 0 aromatic heterocycles. The Balaban J connectivity index is 0.00000338. The van der Waals surface area contributed by atoms with Crippen LogP contribution in [0.25, 0.3) is 0 Å². The summed E-state index contributed by atoms with van der Waals surface area (Å²) >= 11 is 12.5. The predicted octanol–water partition coefficient (Wildman–Crippen LogP) is 1.45. The summed E-state index contributed by atoms with van der Waals surface area (Å²) in [5.41, 5.74) is 1.83. The molecule has 7 heteroatoms. The molecule has 4 nitrogen and oxygen atoms in total. The molecule has 0 heterocycles. The largest absolute Gasteiger partial charge is 1.00 e. The van der Waals surface area contributed by atoms with Crippen molar-refractivity contribution in [2.75, 3.05) is 13.7 Å². The number of halogens is 3. The van der Waals surface area contributed by atoms with Crippen molar-refractivity contribution in [1.29, 1.82) is 0 Å². The van der Waals surface area contributed by atoms with Gasteiger partial charge in [-0.3, -0.25) is 0 Å². The van der Waals surface area contributed by atoms with Crippen molar-refractivity contribution in [2.45, 2.75) is 32.5 Å². The van der Waals surface area contributed by atoms with Crippen LogP contribution in [0.1, 0.15) is 24.5 Å². The Bertz CT molecular complexity index is 694. The number of hydrogen-bond acceptors (Lipinski definition) is 4. The third-order valence-corrected chi connectivity index (χ3v) is 4.58. The van der Waals surface area contributed by atoms with Gasteiger partial charge in [0, 0.05) is 23.2 Å². The number of aliphatic hydroxyl groups is 1. The van der Waals surface area contributed by atoms with E-state index >= 15 is 0 Å². The van der Waals surface area contributed by atoms with Gasteiger partial charge in [-0.05, 0) is 30.2 Å². The number of benzene rings is 2. The van der Waals surface area contributed by atoms with Crippen LogP contribution in [-0.2, 0) is 13.2 Å². The second-order valence-electron chi connectivity index (χ2n) is 5.66. The zero-order chi connectivity index (χ0) is 18.2. The molecule has 0 amide bonds. The van der Waals surface area contributed by atoms with Crippen molar-refractivity contribution in [3.8, 4) is 11.5 Å². The van der Waals surface area contributed by atoms with Crippen molar-refractivity contribution < 1.29 is 27.0 Å². The number of aliphatic hydroxyl groups excluding tert-OH is 1. The van der Waals surface area contributed by atoms with Crippen molar-refractivity contribution in [3.05, 3.63) is 57.6 Å². The molecule has 0 bridgehead atoms. The Morgan fingerprint density at radius 1 is 1.15 bits per heavy atom. The third-order valence-electron chi connectivity index (χ3n) is 3.93. The standard InChI is InChI=1S/C19H23Cl2NO3.ClH/c1-3-15(11-23)22-10-13-8-17(21)19(18(9-13)24-2)25-12-14-6-4-5-7-16(14)20;/h4-9,15,22-23H,3,10-12H2,1-2H3;1H/p-1. The Labute approximate surface area is 170 Å². The maximum atomic E-state index is 9.26. The number of hydrogen-bond donors (Lipinski definition) is 2. The number of ether oxygens (including phenoxy) is 2. The van der Waals surface area contributed by atoms with E-state index < -0.39 is 0 Å². The van der Waals surface area contributed by atoms with E-state index in [9.17, 15) is 5.11 Å². The zero-order valence-electron chi connectivity index (χ0n) is 14.8. The molecule has 0 saturated heterocycles. The molecular formula is C19H23Cl3NO3-. The highest BCUT2D eigenvalue weighted by Gasteiger charge is 2.14. The van der Waals surface area contributed by atoms with E-state index in [4.69, 9.17) is 32.7 Å². The predicted molar refractivity (Wildman–Crippen MR) is 102 cm³/mol. The normalized spacial score (nSPS) is 11.6. The van der Waals surface area contributed by atoms with Crippen LogP contribution in [0.4, 0.5) is 0 Å². The molecule has 0 spiro atoms. The number of methoxy groups -OCH3 is 1. The lowest BCUT2D eigenvalue weighted by Crippen LogP contribution is -3.00. The van der Waals surface area contributed by atoms with Crippen LogP contribution in [0.3, 0.4) is 0 Å². The van der Waals surface area contributed by atoms with E-state index in [1.165, 1.54) is 0 Å². The van der Waals surface area contributed by atoms with Gasteiger partial charge in [-0.15, -0.1) is 0 Å². The molecule has 1 atom stereocenters. The summed E-state index contributed by atoms with van der Waals surface area (Å²) in [6.07, 6.45) is 0.848. The van der Waals surface area contributed by atoms with Gasteiger partial charge >= 0.3 is 0 Å². The van der Waals surface area contributed by atoms with Crippen molar-refractivity contribution in [1.82, 2.24) is 5.32 Å². The summed E-state index contributed by atoms with van der Waals surface area (Å²) in [5.74, 6) is 1.05. The van der Waals surface area contributed by atoms with Crippen LogP contribution in [0.5, 0.6) is 11.5 Å². The minimum Gasteiger partial charge on any atom is -1.00 e. The fourth-order valence-electron chi connectivity index (χ4n) is 2.38. The molecule has 0 radical (unpaired) electrons. The van der Waals surface area contributed by atoms with Gasteiger partial charge in [0.05, 0.1) is 18.7 Å². The summed E-state index contributed by atoms with van der Waals surface area (Å²) in [6.45, 7) is 3.00. The van der Waals surface area contributed by atoms with Crippen molar-refractivity contribution in [3.63, 3.8) is 0 Å². The van der Waals surface area contributed by atoms with Crippen LogP contribution in [-0.4, -0.2) is 24.9 Å². The first-order valence-corrected chi connectivity index (χ1v) is 8.91. The Hall–Kier alpha value is -1.17. The van der Waals surface area contributed by atoms with Gasteiger partial charge < -0.3 is 32.3 Å². The lowest BCUT2D eigenvalue weighted by atomic mass is 10.1. The lowest BCUT2D eigenvalue weighted by molar-refractivity contribution is -0.00000654. The highest BCUT2D eigenvalue weighted by Crippen LogP contribution is 2.37. The van der Waals surface area contributed by atoms with Crippen LogP contribution in [0.15, 0.2) is 36.4 Å². The molecule has 2 aromatic carbocycles. The van der Waals surface area contributed by atoms with Crippen LogP contribution in [0, 0.1) is 0 Å². The summed E-state index contributed by atoms with van der Waals surface area (Å²) in [6, 6.07) is 11.3. The quantitative estimate of drug-likeness (QED) is 0.646. The first-order chi connectivity index (χ1) is 12.1. The van der Waals surface area contributed by atoms with Gasteiger partial charge in [-0.2, -0.15) is 0 Å². The highest BCUT2D eigenvalue weighted by atomic mass is 35.5. The summed E-state index contributed by atoms with van der Waals surface area (Å²) in [7, 11) is 1.58.